The van der Waals surface area contributed by atoms with Crippen molar-refractivity contribution in [1.82, 2.24) is 39.3 Å². The van der Waals surface area contributed by atoms with E-state index in [2.05, 4.69) is 49.1 Å². The summed E-state index contributed by atoms with van der Waals surface area (Å²) in [7, 11) is 0. The predicted molar refractivity (Wildman–Crippen MR) is 115 cm³/mol. The van der Waals surface area contributed by atoms with Crippen LogP contribution >= 0.6 is 0 Å². The molecule has 10 heteroatoms. The van der Waals surface area contributed by atoms with Gasteiger partial charge in [0.15, 0.2) is 17.5 Å². The predicted octanol–water partition coefficient (Wildman–Crippen LogP) is 3.48. The monoisotopic (exact) mass is 427 g/mol. The molecule has 0 aromatic carbocycles. The smallest absolute Gasteiger partial charge is 0.237 e. The Hall–Kier alpha value is -4.21. The molecule has 2 aliphatic rings. The molecule has 0 radical (unpaired) electrons. The zero-order valence-corrected chi connectivity index (χ0v) is 17.4. The van der Waals surface area contributed by atoms with Crippen molar-refractivity contribution < 1.29 is 4.39 Å². The van der Waals surface area contributed by atoms with E-state index >= 15 is 0 Å². The molecule has 0 spiro atoms. The molecule has 158 valence electrons. The Bertz CT molecular complexity index is 1400. The molecular weight excluding hydrogens is 409 g/mol. The van der Waals surface area contributed by atoms with Crippen LogP contribution in [0.2, 0.25) is 0 Å². The summed E-state index contributed by atoms with van der Waals surface area (Å²) in [5.41, 5.74) is 2.40. The Balaban J connectivity index is 1.53. The Morgan fingerprint density at radius 2 is 1.97 bits per heavy atom. The number of hydrogen-bond acceptors (Lipinski definition) is 7. The molecule has 1 unspecified atom stereocenters. The Morgan fingerprint density at radius 1 is 1.09 bits per heavy atom. The van der Waals surface area contributed by atoms with Crippen LogP contribution in [0.15, 0.2) is 60.8 Å². The quantitative estimate of drug-likeness (QED) is 0.492. The van der Waals surface area contributed by atoms with Gasteiger partial charge in [0.25, 0.3) is 0 Å². The second-order valence-electron chi connectivity index (χ2n) is 7.55. The summed E-state index contributed by atoms with van der Waals surface area (Å²) in [6, 6.07) is 2.93. The first-order valence-electron chi connectivity index (χ1n) is 10.3. The summed E-state index contributed by atoms with van der Waals surface area (Å²) in [4.78, 5) is 20.3. The minimum atomic E-state index is -0.403. The van der Waals surface area contributed by atoms with Crippen molar-refractivity contribution in [2.45, 2.75) is 26.3 Å². The fraction of sp³-hybridized carbons (Fsp3) is 0.182. The second-order valence-corrected chi connectivity index (χ2v) is 7.55. The molecule has 0 saturated heterocycles. The first kappa shape index (κ1) is 18.6. The molecule has 1 aliphatic carbocycles. The summed E-state index contributed by atoms with van der Waals surface area (Å²) >= 11 is 0. The van der Waals surface area contributed by atoms with Crippen molar-refractivity contribution in [3.63, 3.8) is 0 Å². The zero-order chi connectivity index (χ0) is 21.8. The van der Waals surface area contributed by atoms with Crippen molar-refractivity contribution in [3.05, 3.63) is 78.3 Å². The molecular formula is C22H18FN9. The van der Waals surface area contributed by atoms with E-state index in [4.69, 9.17) is 4.98 Å². The number of fused-ring (bicyclic) bond motifs is 3. The highest BCUT2D eigenvalue weighted by molar-refractivity contribution is 5.69. The molecule has 4 aromatic heterocycles. The number of aromatic nitrogens is 8. The average molecular weight is 427 g/mol. The topological polar surface area (TPSA) is 90.4 Å². The Kier molecular flexibility index (Phi) is 4.00. The summed E-state index contributed by atoms with van der Waals surface area (Å²) in [6.07, 6.45) is 13.3. The van der Waals surface area contributed by atoms with Crippen LogP contribution < -0.4 is 4.90 Å². The number of imidazole rings is 1. The van der Waals surface area contributed by atoms with Crippen LogP contribution in [-0.2, 0) is 0 Å². The number of allylic oxidation sites excluding steroid dienone is 3. The second kappa shape index (κ2) is 6.91. The SMILES string of the molecule is CCC1c2nnc(C)n2-c2cnc(-n3ccnc3-c3ccc(F)cn3)nc2N1C1=CC=C1. The van der Waals surface area contributed by atoms with Gasteiger partial charge in [0, 0.05) is 18.1 Å². The number of pyridine rings is 1. The fourth-order valence-electron chi connectivity index (χ4n) is 4.14. The molecule has 0 bridgehead atoms. The highest BCUT2D eigenvalue weighted by atomic mass is 19.1. The van der Waals surface area contributed by atoms with E-state index in [0.29, 0.717) is 17.5 Å². The molecule has 1 atom stereocenters. The van der Waals surface area contributed by atoms with Gasteiger partial charge in [-0.2, -0.15) is 4.98 Å². The van der Waals surface area contributed by atoms with E-state index < -0.39 is 5.82 Å². The minimum Gasteiger partial charge on any atom is -0.314 e. The molecule has 4 aromatic rings. The maximum atomic E-state index is 13.4. The standard InChI is InChI=1S/C22H18FN9/c1-3-17-21-29-28-13(2)31(21)18-12-26-22(27-20(18)32(17)15-5-4-6-15)30-10-9-24-19(30)16-8-7-14(23)11-25-16/h4-12,17H,3H2,1-2H3. The van der Waals surface area contributed by atoms with Gasteiger partial charge in [0.05, 0.1) is 18.4 Å². The largest absolute Gasteiger partial charge is 0.314 e. The number of nitrogens with zero attached hydrogens (tertiary/aromatic N) is 9. The molecule has 9 nitrogen and oxygen atoms in total. The van der Waals surface area contributed by atoms with E-state index in [9.17, 15) is 4.39 Å². The lowest BCUT2D eigenvalue weighted by molar-refractivity contribution is 0.572. The Labute approximate surface area is 182 Å². The van der Waals surface area contributed by atoms with Crippen LogP contribution in [0.25, 0.3) is 23.2 Å². The molecule has 0 amide bonds. The van der Waals surface area contributed by atoms with Gasteiger partial charge in [-0.3, -0.25) is 9.13 Å². The molecule has 32 heavy (non-hydrogen) atoms. The lowest BCUT2D eigenvalue weighted by atomic mass is 10.0. The lowest BCUT2D eigenvalue weighted by Crippen LogP contribution is -2.36. The van der Waals surface area contributed by atoms with Crippen LogP contribution in [-0.4, -0.2) is 39.3 Å². The van der Waals surface area contributed by atoms with Crippen molar-refractivity contribution in [2.24, 2.45) is 0 Å². The van der Waals surface area contributed by atoms with Gasteiger partial charge in [0.1, 0.15) is 23.0 Å². The van der Waals surface area contributed by atoms with E-state index in [0.717, 1.165) is 35.3 Å². The number of aryl methyl sites for hydroxylation is 1. The number of rotatable bonds is 4. The first-order chi connectivity index (χ1) is 15.7. The first-order valence-corrected chi connectivity index (χ1v) is 10.3. The lowest BCUT2D eigenvalue weighted by Gasteiger charge is -2.38. The highest BCUT2D eigenvalue weighted by Crippen LogP contribution is 2.42. The van der Waals surface area contributed by atoms with E-state index in [1.165, 1.54) is 12.3 Å². The van der Waals surface area contributed by atoms with Crippen LogP contribution in [0.3, 0.4) is 0 Å². The zero-order valence-electron chi connectivity index (χ0n) is 17.4. The molecule has 1 aliphatic heterocycles. The maximum Gasteiger partial charge on any atom is 0.237 e. The number of hydrogen-bond donors (Lipinski definition) is 0. The minimum absolute atomic E-state index is 0.0105. The van der Waals surface area contributed by atoms with Crippen molar-refractivity contribution in [2.75, 3.05) is 4.90 Å². The van der Waals surface area contributed by atoms with Crippen LogP contribution in [0, 0.1) is 12.7 Å². The third-order valence-corrected chi connectivity index (χ3v) is 5.68. The van der Waals surface area contributed by atoms with E-state index in [-0.39, 0.29) is 6.04 Å². The molecule has 0 fully saturated rings. The van der Waals surface area contributed by atoms with Gasteiger partial charge < -0.3 is 4.90 Å². The maximum absolute atomic E-state index is 13.4. The fourth-order valence-corrected chi connectivity index (χ4v) is 4.14. The van der Waals surface area contributed by atoms with Gasteiger partial charge in [-0.25, -0.2) is 19.3 Å². The van der Waals surface area contributed by atoms with Crippen LogP contribution in [0.4, 0.5) is 10.2 Å². The van der Waals surface area contributed by atoms with Crippen molar-refractivity contribution in [1.29, 1.82) is 0 Å². The summed E-state index contributed by atoms with van der Waals surface area (Å²) in [5, 5.41) is 8.75. The van der Waals surface area contributed by atoms with Crippen molar-refractivity contribution >= 4 is 5.82 Å². The molecule has 0 N–H and O–H groups in total. The summed E-state index contributed by atoms with van der Waals surface area (Å²) < 4.78 is 17.1. The molecule has 0 saturated carbocycles. The number of anilines is 1. The van der Waals surface area contributed by atoms with Gasteiger partial charge >= 0.3 is 0 Å². The molecule has 5 heterocycles. The van der Waals surface area contributed by atoms with Gasteiger partial charge in [0.2, 0.25) is 5.95 Å². The summed E-state index contributed by atoms with van der Waals surface area (Å²) in [5.74, 6) is 2.99. The van der Waals surface area contributed by atoms with Crippen LogP contribution in [0.1, 0.15) is 31.0 Å². The Morgan fingerprint density at radius 3 is 2.69 bits per heavy atom. The molecule has 6 rings (SSSR count). The third-order valence-electron chi connectivity index (χ3n) is 5.68. The van der Waals surface area contributed by atoms with Gasteiger partial charge in [-0.1, -0.05) is 13.0 Å². The van der Waals surface area contributed by atoms with Gasteiger partial charge in [-0.15, -0.1) is 10.2 Å². The highest BCUT2D eigenvalue weighted by Gasteiger charge is 2.37. The normalized spacial score (nSPS) is 16.4. The summed E-state index contributed by atoms with van der Waals surface area (Å²) in [6.45, 7) is 4.05. The van der Waals surface area contributed by atoms with E-state index in [1.54, 1.807) is 29.2 Å². The van der Waals surface area contributed by atoms with E-state index in [1.807, 2.05) is 17.6 Å². The van der Waals surface area contributed by atoms with Crippen molar-refractivity contribution in [3.8, 4) is 23.2 Å². The number of halogens is 1. The average Bonchev–Trinajstić information content (AvgIpc) is 3.40. The third kappa shape index (κ3) is 2.62. The van der Waals surface area contributed by atoms with Crippen LogP contribution in [0.5, 0.6) is 0 Å². The van der Waals surface area contributed by atoms with Gasteiger partial charge in [-0.05, 0) is 37.6 Å².